The SMILES string of the molecule is Cc1nc([C@H](C#N)C(N)=O)c2nnn(Cc3ccccc3Cl)c2n1. The third-order valence-electron chi connectivity index (χ3n) is 3.47. The molecule has 0 aliphatic carbocycles. The number of hydrogen-bond acceptors (Lipinski definition) is 6. The maximum Gasteiger partial charge on any atom is 0.241 e. The summed E-state index contributed by atoms with van der Waals surface area (Å²) in [7, 11) is 0. The van der Waals surface area contributed by atoms with Crippen molar-refractivity contribution in [3.63, 3.8) is 0 Å². The van der Waals surface area contributed by atoms with Crippen molar-refractivity contribution in [2.24, 2.45) is 5.73 Å². The highest BCUT2D eigenvalue weighted by Crippen LogP contribution is 2.22. The molecular weight excluding hydrogens is 330 g/mol. The molecule has 0 unspecified atom stereocenters. The smallest absolute Gasteiger partial charge is 0.241 e. The number of nitrogens with two attached hydrogens (primary N) is 1. The maximum atomic E-state index is 11.5. The quantitative estimate of drug-likeness (QED) is 0.763. The van der Waals surface area contributed by atoms with E-state index < -0.39 is 11.8 Å². The molecule has 24 heavy (non-hydrogen) atoms. The van der Waals surface area contributed by atoms with Crippen LogP contribution in [0.4, 0.5) is 0 Å². The van der Waals surface area contributed by atoms with Gasteiger partial charge in [-0.1, -0.05) is 35.0 Å². The lowest BCUT2D eigenvalue weighted by atomic mass is 10.1. The standard InChI is InChI=1S/C15H12ClN7O/c1-8-19-12(10(6-17)14(18)24)13-15(20-8)23(22-21-13)7-9-4-2-3-5-11(9)16/h2-5,10H,7H2,1H3,(H2,18,24)/t10-/m0/s1. The number of primary amides is 1. The van der Waals surface area contributed by atoms with Gasteiger partial charge in [0.2, 0.25) is 5.91 Å². The molecule has 0 bridgehead atoms. The van der Waals surface area contributed by atoms with Gasteiger partial charge in [-0.2, -0.15) is 5.26 Å². The molecule has 2 N–H and O–H groups in total. The lowest BCUT2D eigenvalue weighted by molar-refractivity contribution is -0.118. The topological polar surface area (TPSA) is 123 Å². The number of nitriles is 1. The number of halogens is 1. The molecule has 1 atom stereocenters. The van der Waals surface area contributed by atoms with Gasteiger partial charge in [0.25, 0.3) is 0 Å². The molecule has 0 radical (unpaired) electrons. The summed E-state index contributed by atoms with van der Waals surface area (Å²) in [5, 5.41) is 17.9. The Balaban J connectivity index is 2.13. The highest BCUT2D eigenvalue weighted by molar-refractivity contribution is 6.31. The zero-order valence-electron chi connectivity index (χ0n) is 12.6. The number of carbonyl (C=O) groups excluding carboxylic acids is 1. The van der Waals surface area contributed by atoms with Gasteiger partial charge in [-0.15, -0.1) is 5.10 Å². The average Bonchev–Trinajstić information content (AvgIpc) is 2.93. The molecule has 120 valence electrons. The number of nitrogens with zero attached hydrogens (tertiary/aromatic N) is 6. The summed E-state index contributed by atoms with van der Waals surface area (Å²) >= 11 is 6.17. The molecule has 3 rings (SSSR count). The first-order valence-electron chi connectivity index (χ1n) is 7.01. The van der Waals surface area contributed by atoms with E-state index in [1.807, 2.05) is 24.3 Å². The van der Waals surface area contributed by atoms with Crippen LogP contribution >= 0.6 is 11.6 Å². The Morgan fingerprint density at radius 3 is 2.83 bits per heavy atom. The van der Waals surface area contributed by atoms with Crippen molar-refractivity contribution in [1.29, 1.82) is 5.26 Å². The number of amides is 1. The second kappa shape index (κ2) is 6.22. The number of rotatable bonds is 4. The van der Waals surface area contributed by atoms with E-state index in [4.69, 9.17) is 17.3 Å². The number of aromatic nitrogens is 5. The van der Waals surface area contributed by atoms with Crippen molar-refractivity contribution in [2.45, 2.75) is 19.4 Å². The van der Waals surface area contributed by atoms with E-state index in [1.165, 1.54) is 0 Å². The lowest BCUT2D eigenvalue weighted by Crippen LogP contribution is -2.22. The van der Waals surface area contributed by atoms with Gasteiger partial charge in [0.1, 0.15) is 11.5 Å². The fourth-order valence-corrected chi connectivity index (χ4v) is 2.54. The molecular formula is C15H12ClN7O. The number of aryl methyl sites for hydroxylation is 1. The predicted molar refractivity (Wildman–Crippen MR) is 86.0 cm³/mol. The predicted octanol–water partition coefficient (Wildman–Crippen LogP) is 1.32. The van der Waals surface area contributed by atoms with Crippen molar-refractivity contribution in [3.8, 4) is 6.07 Å². The Labute approximate surface area is 141 Å². The molecule has 0 spiro atoms. The minimum absolute atomic E-state index is 0.165. The van der Waals surface area contributed by atoms with Crippen LogP contribution in [0.1, 0.15) is 23.0 Å². The van der Waals surface area contributed by atoms with Crippen LogP contribution in [0.3, 0.4) is 0 Å². The summed E-state index contributed by atoms with van der Waals surface area (Å²) < 4.78 is 1.55. The monoisotopic (exact) mass is 341 g/mol. The number of hydrogen-bond donors (Lipinski definition) is 1. The lowest BCUT2D eigenvalue weighted by Gasteiger charge is -2.07. The number of carbonyl (C=O) groups is 1. The summed E-state index contributed by atoms with van der Waals surface area (Å²) in [6, 6.07) is 9.19. The van der Waals surface area contributed by atoms with Crippen molar-refractivity contribution in [3.05, 3.63) is 46.4 Å². The van der Waals surface area contributed by atoms with Crippen LogP contribution in [0.15, 0.2) is 24.3 Å². The van der Waals surface area contributed by atoms with Gasteiger partial charge < -0.3 is 5.73 Å². The molecule has 0 saturated carbocycles. The second-order valence-electron chi connectivity index (χ2n) is 5.13. The van der Waals surface area contributed by atoms with Crippen LogP contribution in [0.25, 0.3) is 11.2 Å². The Kier molecular flexibility index (Phi) is 4.10. The third kappa shape index (κ3) is 2.77. The van der Waals surface area contributed by atoms with Gasteiger partial charge >= 0.3 is 0 Å². The molecule has 0 aliphatic rings. The van der Waals surface area contributed by atoms with Crippen LogP contribution in [0.2, 0.25) is 5.02 Å². The zero-order chi connectivity index (χ0) is 17.3. The van der Waals surface area contributed by atoms with E-state index in [9.17, 15) is 10.1 Å². The molecule has 0 saturated heterocycles. The van der Waals surface area contributed by atoms with Crippen LogP contribution in [0.5, 0.6) is 0 Å². The van der Waals surface area contributed by atoms with Gasteiger partial charge in [0, 0.05) is 5.02 Å². The fraction of sp³-hybridized carbons (Fsp3) is 0.200. The van der Waals surface area contributed by atoms with Crippen LogP contribution in [0, 0.1) is 18.3 Å². The maximum absolute atomic E-state index is 11.5. The highest BCUT2D eigenvalue weighted by atomic mass is 35.5. The Morgan fingerprint density at radius 1 is 1.42 bits per heavy atom. The molecule has 3 aromatic rings. The summed E-state index contributed by atoms with van der Waals surface area (Å²) in [4.78, 5) is 20.0. The first-order chi connectivity index (χ1) is 11.5. The van der Waals surface area contributed by atoms with Gasteiger partial charge in [-0.25, -0.2) is 14.6 Å². The van der Waals surface area contributed by atoms with E-state index >= 15 is 0 Å². The summed E-state index contributed by atoms with van der Waals surface area (Å²) in [5.74, 6) is -1.61. The number of benzene rings is 1. The number of fused-ring (bicyclic) bond motifs is 1. The Bertz CT molecular complexity index is 976. The molecule has 9 heteroatoms. The molecule has 0 fully saturated rings. The average molecular weight is 342 g/mol. The van der Waals surface area contributed by atoms with Gasteiger partial charge in [-0.05, 0) is 18.6 Å². The molecule has 2 heterocycles. The van der Waals surface area contributed by atoms with E-state index in [-0.39, 0.29) is 11.2 Å². The van der Waals surface area contributed by atoms with Crippen molar-refractivity contribution < 1.29 is 4.79 Å². The summed E-state index contributed by atoms with van der Waals surface area (Å²) in [6.45, 7) is 2.01. The zero-order valence-corrected chi connectivity index (χ0v) is 13.4. The molecule has 8 nitrogen and oxygen atoms in total. The van der Waals surface area contributed by atoms with E-state index in [0.29, 0.717) is 23.0 Å². The van der Waals surface area contributed by atoms with Crippen LogP contribution in [-0.4, -0.2) is 30.9 Å². The van der Waals surface area contributed by atoms with E-state index in [1.54, 1.807) is 17.7 Å². The van der Waals surface area contributed by atoms with Crippen molar-refractivity contribution >= 4 is 28.7 Å². The molecule has 0 aliphatic heterocycles. The van der Waals surface area contributed by atoms with E-state index in [2.05, 4.69) is 20.3 Å². The summed E-state index contributed by atoms with van der Waals surface area (Å²) in [5.41, 5.74) is 6.98. The fourth-order valence-electron chi connectivity index (χ4n) is 2.35. The van der Waals surface area contributed by atoms with Crippen LogP contribution < -0.4 is 5.73 Å². The third-order valence-corrected chi connectivity index (χ3v) is 3.84. The molecule has 2 aromatic heterocycles. The van der Waals surface area contributed by atoms with Gasteiger partial charge in [0.05, 0.1) is 12.6 Å². The Hall–Kier alpha value is -3.05. The second-order valence-corrected chi connectivity index (χ2v) is 5.54. The summed E-state index contributed by atoms with van der Waals surface area (Å²) in [6.07, 6.45) is 0. The van der Waals surface area contributed by atoms with Gasteiger partial charge in [0.15, 0.2) is 17.1 Å². The van der Waals surface area contributed by atoms with Crippen LogP contribution in [-0.2, 0) is 11.3 Å². The van der Waals surface area contributed by atoms with Crippen molar-refractivity contribution in [2.75, 3.05) is 0 Å². The molecule has 1 aromatic carbocycles. The molecule has 1 amide bonds. The van der Waals surface area contributed by atoms with Gasteiger partial charge in [-0.3, -0.25) is 4.79 Å². The minimum atomic E-state index is -1.21. The van der Waals surface area contributed by atoms with Crippen molar-refractivity contribution in [1.82, 2.24) is 25.0 Å². The normalized spacial score (nSPS) is 12.0. The highest BCUT2D eigenvalue weighted by Gasteiger charge is 2.25. The first-order valence-corrected chi connectivity index (χ1v) is 7.39. The van der Waals surface area contributed by atoms with E-state index in [0.717, 1.165) is 5.56 Å². The first kappa shape index (κ1) is 15.8. The minimum Gasteiger partial charge on any atom is -0.368 e. The largest absolute Gasteiger partial charge is 0.368 e. The Morgan fingerprint density at radius 2 is 2.17 bits per heavy atom.